The normalized spacial score (nSPS) is 10.4. The van der Waals surface area contributed by atoms with Gasteiger partial charge in [0.2, 0.25) is 0 Å². The second-order valence-corrected chi connectivity index (χ2v) is 3.73. The fourth-order valence-corrected chi connectivity index (χ4v) is 1.38. The zero-order valence-electron chi connectivity index (χ0n) is 8.89. The predicted molar refractivity (Wildman–Crippen MR) is 56.1 cm³/mol. The number of hydrogen-bond acceptors (Lipinski definition) is 3. The van der Waals surface area contributed by atoms with E-state index in [1.807, 2.05) is 0 Å². The average molecular weight is 224 g/mol. The Morgan fingerprint density at radius 1 is 1.12 bits per heavy atom. The minimum Gasteiger partial charge on any atom is -0.507 e. The van der Waals surface area contributed by atoms with E-state index < -0.39 is 11.9 Å². The van der Waals surface area contributed by atoms with Crippen LogP contribution in [0.3, 0.4) is 0 Å². The Labute approximate surface area is 92.0 Å². The van der Waals surface area contributed by atoms with Gasteiger partial charge in [-0.1, -0.05) is 13.8 Å². The molecule has 0 bridgehead atoms. The zero-order chi connectivity index (χ0) is 12.5. The highest BCUT2D eigenvalue weighted by Gasteiger charge is 2.19. The van der Waals surface area contributed by atoms with Gasteiger partial charge in [-0.3, -0.25) is 0 Å². The third-order valence-corrected chi connectivity index (χ3v) is 2.24. The summed E-state index contributed by atoms with van der Waals surface area (Å²) in [6.07, 6.45) is 0. The van der Waals surface area contributed by atoms with Crippen molar-refractivity contribution in [2.24, 2.45) is 0 Å². The summed E-state index contributed by atoms with van der Waals surface area (Å²) in [4.78, 5) is 21.6. The summed E-state index contributed by atoms with van der Waals surface area (Å²) in [5.41, 5.74) is -0.209. The van der Waals surface area contributed by atoms with Crippen molar-refractivity contribution >= 4 is 11.9 Å². The first-order valence-corrected chi connectivity index (χ1v) is 4.68. The first-order chi connectivity index (χ1) is 7.34. The molecule has 0 aliphatic heterocycles. The molecule has 5 heteroatoms. The third kappa shape index (κ3) is 2.13. The van der Waals surface area contributed by atoms with Crippen LogP contribution in [0.1, 0.15) is 46.0 Å². The summed E-state index contributed by atoms with van der Waals surface area (Å²) in [5, 5.41) is 27.3. The number of phenols is 1. The van der Waals surface area contributed by atoms with Crippen molar-refractivity contribution in [2.75, 3.05) is 0 Å². The zero-order valence-corrected chi connectivity index (χ0v) is 8.89. The Hall–Kier alpha value is -2.04. The van der Waals surface area contributed by atoms with Crippen LogP contribution in [0.15, 0.2) is 12.1 Å². The van der Waals surface area contributed by atoms with Gasteiger partial charge in [-0.05, 0) is 23.6 Å². The van der Waals surface area contributed by atoms with E-state index in [-0.39, 0.29) is 22.8 Å². The minimum atomic E-state index is -1.34. The van der Waals surface area contributed by atoms with Crippen molar-refractivity contribution in [2.45, 2.75) is 19.8 Å². The highest BCUT2D eigenvalue weighted by Crippen LogP contribution is 2.30. The Morgan fingerprint density at radius 3 is 2.06 bits per heavy atom. The number of benzene rings is 1. The lowest BCUT2D eigenvalue weighted by Crippen LogP contribution is -2.05. The number of hydrogen-bond donors (Lipinski definition) is 3. The molecule has 1 aromatic rings. The summed E-state index contributed by atoms with van der Waals surface area (Å²) in [6.45, 7) is 3.48. The highest BCUT2D eigenvalue weighted by molar-refractivity contribution is 5.96. The topological polar surface area (TPSA) is 94.8 Å². The van der Waals surface area contributed by atoms with Gasteiger partial charge in [0.25, 0.3) is 0 Å². The van der Waals surface area contributed by atoms with Crippen LogP contribution in [-0.4, -0.2) is 27.3 Å². The van der Waals surface area contributed by atoms with Crippen LogP contribution in [-0.2, 0) is 0 Å². The van der Waals surface area contributed by atoms with Crippen molar-refractivity contribution in [3.8, 4) is 5.75 Å². The minimum absolute atomic E-state index is 0.140. The quantitative estimate of drug-likeness (QED) is 0.728. The van der Waals surface area contributed by atoms with Crippen LogP contribution >= 0.6 is 0 Å². The maximum atomic E-state index is 10.8. The number of carboxylic acid groups (broad SMARTS) is 2. The van der Waals surface area contributed by atoms with Crippen molar-refractivity contribution in [3.05, 3.63) is 28.8 Å². The van der Waals surface area contributed by atoms with E-state index in [2.05, 4.69) is 0 Å². The van der Waals surface area contributed by atoms with Gasteiger partial charge in [0.15, 0.2) is 0 Å². The molecule has 0 aliphatic carbocycles. The summed E-state index contributed by atoms with van der Waals surface area (Å²) in [7, 11) is 0. The summed E-state index contributed by atoms with van der Waals surface area (Å²) in [6, 6.07) is 2.24. The van der Waals surface area contributed by atoms with Gasteiger partial charge in [0.1, 0.15) is 11.3 Å². The van der Waals surface area contributed by atoms with E-state index in [4.69, 9.17) is 10.2 Å². The smallest absolute Gasteiger partial charge is 0.339 e. The molecule has 0 saturated heterocycles. The lowest BCUT2D eigenvalue weighted by molar-refractivity contribution is 0.0693. The molecule has 1 aromatic carbocycles. The lowest BCUT2D eigenvalue weighted by Gasteiger charge is -2.11. The molecular formula is C11H12O5. The molecule has 0 aliphatic rings. The molecule has 5 nitrogen and oxygen atoms in total. The monoisotopic (exact) mass is 224 g/mol. The van der Waals surface area contributed by atoms with E-state index >= 15 is 0 Å². The second kappa shape index (κ2) is 4.22. The van der Waals surface area contributed by atoms with Crippen LogP contribution in [0.2, 0.25) is 0 Å². The van der Waals surface area contributed by atoms with Crippen molar-refractivity contribution in [3.63, 3.8) is 0 Å². The molecule has 0 atom stereocenters. The van der Waals surface area contributed by atoms with Gasteiger partial charge < -0.3 is 15.3 Å². The van der Waals surface area contributed by atoms with Crippen molar-refractivity contribution in [1.82, 2.24) is 0 Å². The third-order valence-electron chi connectivity index (χ3n) is 2.24. The molecule has 0 heterocycles. The van der Waals surface area contributed by atoms with E-state index in [1.54, 1.807) is 13.8 Å². The molecule has 86 valence electrons. The van der Waals surface area contributed by atoms with Gasteiger partial charge in [-0.15, -0.1) is 0 Å². The summed E-state index contributed by atoms with van der Waals surface area (Å²) >= 11 is 0. The lowest BCUT2D eigenvalue weighted by atomic mass is 9.96. The standard InChI is InChI=1S/C11H12O5/c1-5(2)7-3-6(10(13)14)4-8(9(7)12)11(15)16/h3-5,12H,1-2H3,(H,13,14)(H,15,16). The first-order valence-electron chi connectivity index (χ1n) is 4.68. The van der Waals surface area contributed by atoms with Crippen LogP contribution < -0.4 is 0 Å². The maximum Gasteiger partial charge on any atom is 0.339 e. The largest absolute Gasteiger partial charge is 0.507 e. The average Bonchev–Trinajstić information content (AvgIpc) is 2.16. The fourth-order valence-electron chi connectivity index (χ4n) is 1.38. The maximum absolute atomic E-state index is 10.8. The molecule has 0 aromatic heterocycles. The van der Waals surface area contributed by atoms with Crippen LogP contribution in [0, 0.1) is 0 Å². The number of aromatic hydroxyl groups is 1. The SMILES string of the molecule is CC(C)c1cc(C(=O)O)cc(C(=O)O)c1O. The first kappa shape index (κ1) is 12.0. The van der Waals surface area contributed by atoms with Gasteiger partial charge in [-0.2, -0.15) is 0 Å². The van der Waals surface area contributed by atoms with Gasteiger partial charge in [0.05, 0.1) is 5.56 Å². The molecule has 0 radical (unpaired) electrons. The second-order valence-electron chi connectivity index (χ2n) is 3.73. The van der Waals surface area contributed by atoms with E-state index in [0.29, 0.717) is 5.56 Å². The Balaban J connectivity index is 3.51. The van der Waals surface area contributed by atoms with E-state index in [0.717, 1.165) is 6.07 Å². The molecular weight excluding hydrogens is 212 g/mol. The van der Waals surface area contributed by atoms with Crippen molar-refractivity contribution in [1.29, 1.82) is 0 Å². The van der Waals surface area contributed by atoms with E-state index in [1.165, 1.54) is 6.07 Å². The molecule has 0 amide bonds. The number of carbonyl (C=O) groups is 2. The van der Waals surface area contributed by atoms with Crippen LogP contribution in [0.4, 0.5) is 0 Å². The molecule has 16 heavy (non-hydrogen) atoms. The van der Waals surface area contributed by atoms with Gasteiger partial charge >= 0.3 is 11.9 Å². The van der Waals surface area contributed by atoms with Crippen LogP contribution in [0.5, 0.6) is 5.75 Å². The number of carboxylic acids is 2. The summed E-state index contributed by atoms with van der Waals surface area (Å²) < 4.78 is 0. The van der Waals surface area contributed by atoms with Gasteiger partial charge in [0, 0.05) is 0 Å². The molecule has 3 N–H and O–H groups in total. The highest BCUT2D eigenvalue weighted by atomic mass is 16.4. The number of aromatic carboxylic acids is 2. The van der Waals surface area contributed by atoms with E-state index in [9.17, 15) is 14.7 Å². The molecule has 0 unspecified atom stereocenters. The molecule has 0 fully saturated rings. The molecule has 0 saturated carbocycles. The Morgan fingerprint density at radius 2 is 1.69 bits per heavy atom. The molecule has 0 spiro atoms. The molecule has 1 rings (SSSR count). The number of rotatable bonds is 3. The fraction of sp³-hybridized carbons (Fsp3) is 0.273. The van der Waals surface area contributed by atoms with Gasteiger partial charge in [-0.25, -0.2) is 9.59 Å². The Bertz CT molecular complexity index is 448. The summed E-state index contributed by atoms with van der Waals surface area (Å²) in [5.74, 6) is -3.09. The van der Waals surface area contributed by atoms with Crippen molar-refractivity contribution < 1.29 is 24.9 Å². The van der Waals surface area contributed by atoms with Crippen LogP contribution in [0.25, 0.3) is 0 Å². The predicted octanol–water partition coefficient (Wildman–Crippen LogP) is 1.91. The Kier molecular flexibility index (Phi) is 3.17.